The van der Waals surface area contributed by atoms with E-state index in [1.54, 1.807) is 104 Å². The number of nitrogens with zero attached hydrogens (tertiary/aromatic N) is 17. The number of H-pyrrole nitrogens is 1. The summed E-state index contributed by atoms with van der Waals surface area (Å²) in [6.45, 7) is 16.5. The van der Waals surface area contributed by atoms with Crippen molar-refractivity contribution in [2.45, 2.75) is 98.0 Å². The number of aromatic carboxylic acids is 1. The van der Waals surface area contributed by atoms with Gasteiger partial charge in [0.05, 0.1) is 96.8 Å². The zero-order valence-electron chi connectivity index (χ0n) is 74.7. The quantitative estimate of drug-likeness (QED) is 0.0434. The maximum atomic E-state index is 12.9. The number of nitrogens with two attached hydrogens (primary N) is 1. The van der Waals surface area contributed by atoms with Crippen LogP contribution in [0.25, 0.3) is 55.2 Å². The first-order valence-electron chi connectivity index (χ1n) is 42.8. The van der Waals surface area contributed by atoms with Gasteiger partial charge in [-0.2, -0.15) is 0 Å². The van der Waals surface area contributed by atoms with Gasteiger partial charge in [-0.15, -0.1) is 20.4 Å². The van der Waals surface area contributed by atoms with Crippen LogP contribution in [0.4, 0.5) is 26.2 Å². The van der Waals surface area contributed by atoms with Gasteiger partial charge in [0.1, 0.15) is 17.0 Å². The number of nitrogen functional groups attached to an aromatic ring is 1. The van der Waals surface area contributed by atoms with Gasteiger partial charge in [-0.3, -0.25) is 48.4 Å². The van der Waals surface area contributed by atoms with Crippen LogP contribution >= 0.6 is 47.8 Å². The maximum Gasteiger partial charge on any atom is 0.412 e. The van der Waals surface area contributed by atoms with Crippen molar-refractivity contribution in [3.63, 3.8) is 0 Å². The second-order valence-electron chi connectivity index (χ2n) is 32.1. The number of hydrogen-bond donors (Lipinski definition) is 6. The first-order valence-corrected chi connectivity index (χ1v) is 45.1. The molecule has 5 fully saturated rings. The third kappa shape index (κ3) is 31.4. The second-order valence-corrected chi connectivity index (χ2v) is 34.8. The SMILES string of the molecule is C.COC(=O)c1ncc(Br)cc1F.Cn1[nH]c(=O)c2ncc(Br)cc21.Cn1nc(OCC2CCOCC2)c2ncc(Br)cc21.Cn1nc(OCC2CCOCC2)c2ncc(N)cc21.Cn1nc(OCC2CCOCC2)c2ncc(NC(=O)OC(C)(C)C)cc21.Cn1nc(OCC2CCOCC2)c2ncc(NC(=O)c3ccccn3)cc21.O=C(O)c1ccccn1.OCC1CCOCC1. The van der Waals surface area contributed by atoms with E-state index in [1.165, 1.54) is 25.6 Å². The van der Waals surface area contributed by atoms with Crippen LogP contribution in [-0.4, -0.2) is 235 Å². The maximum absolute atomic E-state index is 12.9. The predicted molar refractivity (Wildman–Crippen MR) is 505 cm³/mol. The molecule has 0 aliphatic carbocycles. The van der Waals surface area contributed by atoms with E-state index in [0.29, 0.717) is 130 Å². The van der Waals surface area contributed by atoms with Crippen molar-refractivity contribution in [2.24, 2.45) is 64.8 Å². The lowest BCUT2D eigenvalue weighted by atomic mass is 10.0. The second kappa shape index (κ2) is 51.4. The average molecular weight is 2040 g/mol. The summed E-state index contributed by atoms with van der Waals surface area (Å²) in [5.41, 5.74) is 14.6. The van der Waals surface area contributed by atoms with Crippen molar-refractivity contribution < 1.29 is 85.9 Å². The van der Waals surface area contributed by atoms with E-state index >= 15 is 0 Å². The number of fused-ring (bicyclic) bond motifs is 5. The molecule has 0 atom stereocenters. The summed E-state index contributed by atoms with van der Waals surface area (Å²) in [4.78, 5) is 89.0. The fourth-order valence-electron chi connectivity index (χ4n) is 13.7. The van der Waals surface area contributed by atoms with Gasteiger partial charge in [0, 0.05) is 152 Å². The summed E-state index contributed by atoms with van der Waals surface area (Å²) in [6.07, 6.45) is 22.3. The first-order chi connectivity index (χ1) is 63.6. The molecule has 5 saturated heterocycles. The largest absolute Gasteiger partial charge is 0.477 e. The fourth-order valence-corrected chi connectivity index (χ4v) is 14.6. The standard InChI is InChI=1S/C19H21N5O3.C18H26N4O4.C13H16BrN3O2.C13H18N4O2.C7H5BrFNO2.C7H6BrN3O.C6H5NO2.C6H12O2.CH4/c1-24-16-10-14(22-18(25)15-4-2-3-7-20-15)11-21-17(16)19(23-24)27-12-13-5-8-26-9-6-13;1-18(2,3)26-17(23)20-13-9-14-15(19-10-13)16(21-22(14)4)25-11-12-5-7-24-8-6-12;2*1-17-11-6-10(14)7-15-12(11)13(16-17)19-8-9-2-4-18-5-3-9;1-12-7(11)6-5(9)2-4(8)3-10-6;1-11-5-2-4(8)3-9-6(5)7(12)10-11;8-6(9)5-3-1-2-4-7-5;7-5-6-1-3-8-4-2-6;/h2-4,7,10-11,13H,5-6,8-9,12H2,1H3,(H,22,25);9-10,12H,5-8,11H2,1-4H3,(H,20,23);6-7,9H,2-5,8H2,1H3;6-7,9H,2-5,8,14H2,1H3;2-3H,1H3;2-3H,1H3,(H,10,12);1-4H,(H,8,9);6-7H,1-5H2;1H4. The molecule has 2 amide bonds. The highest BCUT2D eigenvalue weighted by Crippen LogP contribution is 2.32. The molecule has 5 aliphatic rings. The average Bonchev–Trinajstić information content (AvgIpc) is 1.68. The van der Waals surface area contributed by atoms with Gasteiger partial charge in [0.15, 0.2) is 39.1 Å². The molecule has 39 nitrogen and oxygen atoms in total. The molecule has 18 rings (SSSR count). The van der Waals surface area contributed by atoms with Crippen LogP contribution in [0.15, 0.2) is 141 Å². The van der Waals surface area contributed by atoms with E-state index in [9.17, 15) is 28.4 Å². The van der Waals surface area contributed by atoms with Crippen LogP contribution in [0.5, 0.6) is 23.5 Å². The van der Waals surface area contributed by atoms with Crippen molar-refractivity contribution in [2.75, 3.05) is 123 Å². The molecule has 0 aromatic carbocycles. The number of aryl methyl sites for hydroxylation is 5. The number of carboxylic acids is 1. The third-order valence-electron chi connectivity index (χ3n) is 21.0. The zero-order chi connectivity index (χ0) is 94.2. The van der Waals surface area contributed by atoms with E-state index in [1.807, 2.05) is 73.2 Å². The molecule has 0 radical (unpaired) electrons. The molecule has 18 heterocycles. The number of esters is 1. The molecule has 0 spiro atoms. The molecular formula is C90H113Br3FN21O18. The molecule has 13 aromatic rings. The van der Waals surface area contributed by atoms with Gasteiger partial charge in [-0.05, 0) is 223 Å². The Labute approximate surface area is 791 Å². The topological polar surface area (TPSA) is 473 Å². The van der Waals surface area contributed by atoms with Gasteiger partial charge >= 0.3 is 18.0 Å². The Kier molecular flexibility index (Phi) is 39.9. The van der Waals surface area contributed by atoms with Crippen LogP contribution in [-0.2, 0) is 68.4 Å². The number of pyridine rings is 8. The molecule has 133 heavy (non-hydrogen) atoms. The monoisotopic (exact) mass is 2030 g/mol. The van der Waals surface area contributed by atoms with Crippen LogP contribution < -0.4 is 40.9 Å². The summed E-state index contributed by atoms with van der Waals surface area (Å²) in [5, 5.41) is 42.7. The van der Waals surface area contributed by atoms with Crippen LogP contribution in [0.2, 0.25) is 0 Å². The van der Waals surface area contributed by atoms with E-state index in [2.05, 4.69) is 129 Å². The summed E-state index contributed by atoms with van der Waals surface area (Å²) < 4.78 is 83.4. The number of aromatic nitrogens is 18. The molecular weight excluding hydrogens is 1920 g/mol. The van der Waals surface area contributed by atoms with Crippen molar-refractivity contribution >= 4 is 144 Å². The van der Waals surface area contributed by atoms with Crippen LogP contribution in [0, 0.1) is 35.4 Å². The van der Waals surface area contributed by atoms with E-state index in [-0.39, 0.29) is 30.3 Å². The first kappa shape index (κ1) is 103. The van der Waals surface area contributed by atoms with Crippen molar-refractivity contribution in [1.29, 1.82) is 0 Å². The highest BCUT2D eigenvalue weighted by atomic mass is 79.9. The van der Waals surface area contributed by atoms with E-state index in [0.717, 1.165) is 184 Å². The predicted octanol–water partition coefficient (Wildman–Crippen LogP) is 14.0. The molecule has 13 aromatic heterocycles. The van der Waals surface area contributed by atoms with E-state index in [4.69, 9.17) is 63.3 Å². The van der Waals surface area contributed by atoms with Crippen LogP contribution in [0.3, 0.4) is 0 Å². The Morgan fingerprint density at radius 2 is 0.850 bits per heavy atom. The van der Waals surface area contributed by atoms with Crippen molar-refractivity contribution in [3.05, 3.63) is 169 Å². The number of aliphatic hydroxyl groups excluding tert-OH is 1. The number of hydrogen-bond acceptors (Lipinski definition) is 30. The summed E-state index contributed by atoms with van der Waals surface area (Å²) in [6, 6.07) is 20.4. The zero-order valence-corrected chi connectivity index (χ0v) is 79.5. The number of aromatic amines is 1. The molecule has 0 unspecified atom stereocenters. The summed E-state index contributed by atoms with van der Waals surface area (Å²) >= 11 is 9.72. The van der Waals surface area contributed by atoms with E-state index < -0.39 is 29.5 Å². The lowest BCUT2D eigenvalue weighted by Crippen LogP contribution is -2.27. The molecule has 5 aliphatic heterocycles. The number of carboxylic acid groups (broad SMARTS) is 1. The number of carbonyl (C=O) groups is 4. The minimum atomic E-state index is -0.990. The number of rotatable bonds is 18. The van der Waals surface area contributed by atoms with Gasteiger partial charge < -0.3 is 73.4 Å². The number of amides is 2. The molecule has 0 bridgehead atoms. The number of aliphatic hydroxyl groups is 1. The number of ether oxygens (including phenoxy) is 11. The fraction of sp³-hybridized carbons (Fsp3) is 0.456. The number of halogens is 4. The normalized spacial score (nSPS) is 14.8. The van der Waals surface area contributed by atoms with Gasteiger partial charge in [-0.1, -0.05) is 19.6 Å². The minimum absolute atomic E-state index is 0. The molecule has 0 saturated carbocycles. The highest BCUT2D eigenvalue weighted by molar-refractivity contribution is 9.11. The summed E-state index contributed by atoms with van der Waals surface area (Å²) in [7, 11) is 10.4. The van der Waals surface area contributed by atoms with Crippen molar-refractivity contribution in [3.8, 4) is 23.5 Å². The lowest BCUT2D eigenvalue weighted by Gasteiger charge is -2.21. The smallest absolute Gasteiger partial charge is 0.412 e. The highest BCUT2D eigenvalue weighted by Gasteiger charge is 2.25. The van der Waals surface area contributed by atoms with Gasteiger partial charge in [0.25, 0.3) is 35.0 Å². The van der Waals surface area contributed by atoms with Crippen molar-refractivity contribution in [1.82, 2.24) is 88.8 Å². The summed E-state index contributed by atoms with van der Waals surface area (Å²) in [5.74, 6) is 2.06. The number of carbonyl (C=O) groups excluding carboxylic acids is 3. The minimum Gasteiger partial charge on any atom is -0.477 e. The molecule has 7 N–H and O–H groups in total. The molecule has 43 heteroatoms. The lowest BCUT2D eigenvalue weighted by molar-refractivity contribution is 0.0455. The number of methoxy groups -OCH3 is 1. The third-order valence-corrected chi connectivity index (χ3v) is 22.3. The van der Waals surface area contributed by atoms with Gasteiger partial charge in [-0.25, -0.2) is 53.7 Å². The Morgan fingerprint density at radius 1 is 0.489 bits per heavy atom. The number of nitrogens with one attached hydrogen (secondary N) is 3. The Hall–Kier alpha value is -11.8. The Balaban J connectivity index is 0.000000162. The molecule has 714 valence electrons. The number of anilines is 3. The van der Waals surface area contributed by atoms with Crippen LogP contribution in [0.1, 0.15) is 124 Å². The Morgan fingerprint density at radius 3 is 1.23 bits per heavy atom. The van der Waals surface area contributed by atoms with Gasteiger partial charge in [0.2, 0.25) is 0 Å². The Bertz CT molecular complexity index is 5870.